The third-order valence-electron chi connectivity index (χ3n) is 10.8. The van der Waals surface area contributed by atoms with Crippen LogP contribution in [-0.4, -0.2) is 72.4 Å². The van der Waals surface area contributed by atoms with E-state index >= 15 is 0 Å². The lowest BCUT2D eigenvalue weighted by Crippen LogP contribution is -2.38. The number of aliphatic hydroxyl groups is 2. The number of carbonyl (C=O) groups is 2. The van der Waals surface area contributed by atoms with Gasteiger partial charge in [-0.15, -0.1) is 0 Å². The second-order valence-corrected chi connectivity index (χ2v) is 13.4. The first-order chi connectivity index (χ1) is 26.7. The van der Waals surface area contributed by atoms with Gasteiger partial charge in [0.2, 0.25) is 0 Å². The molecule has 0 spiro atoms. The molecular weight excluding hydrogens is 698 g/mol. The summed E-state index contributed by atoms with van der Waals surface area (Å²) in [6.07, 6.45) is 6.32. The van der Waals surface area contributed by atoms with Crippen molar-refractivity contribution in [3.05, 3.63) is 142 Å². The summed E-state index contributed by atoms with van der Waals surface area (Å²) in [6.45, 7) is 1.43. The molecule has 4 aromatic carbocycles. The predicted octanol–water partition coefficient (Wildman–Crippen LogP) is 6.56. The quantitative estimate of drug-likeness (QED) is 0.239. The van der Waals surface area contributed by atoms with Gasteiger partial charge < -0.3 is 29.2 Å². The molecule has 0 saturated carbocycles. The molecule has 4 aliphatic heterocycles. The van der Waals surface area contributed by atoms with Crippen molar-refractivity contribution in [2.45, 2.75) is 31.2 Å². The zero-order valence-corrected chi connectivity index (χ0v) is 30.7. The maximum atomic E-state index is 13.1. The van der Waals surface area contributed by atoms with Crippen molar-refractivity contribution >= 4 is 34.4 Å². The first kappa shape index (κ1) is 35.4. The first-order valence-corrected chi connectivity index (χ1v) is 17.6. The van der Waals surface area contributed by atoms with Crippen LogP contribution >= 0.6 is 0 Å². The van der Waals surface area contributed by atoms with E-state index in [2.05, 4.69) is 0 Å². The molecule has 4 aromatic rings. The van der Waals surface area contributed by atoms with Crippen LogP contribution in [0.1, 0.15) is 73.2 Å². The minimum Gasteiger partial charge on any atom is -0.497 e. The molecule has 4 atom stereocenters. The summed E-state index contributed by atoms with van der Waals surface area (Å²) in [7, 11) is 6.36. The molecule has 55 heavy (non-hydrogen) atoms. The number of ether oxygens (including phenoxy) is 4. The minimum atomic E-state index is -0.796. The molecule has 0 radical (unpaired) electrons. The van der Waals surface area contributed by atoms with Crippen molar-refractivity contribution in [2.24, 2.45) is 0 Å². The number of fused-ring (bicyclic) bond motifs is 14. The Morgan fingerprint density at radius 3 is 1.20 bits per heavy atom. The number of nitriles is 1. The third kappa shape index (κ3) is 5.33. The van der Waals surface area contributed by atoms with Crippen LogP contribution in [0.15, 0.2) is 97.1 Å². The molecule has 0 bridgehead atoms. The third-order valence-corrected chi connectivity index (χ3v) is 10.8. The van der Waals surface area contributed by atoms with Gasteiger partial charge in [-0.3, -0.25) is 19.4 Å². The summed E-state index contributed by atoms with van der Waals surface area (Å²) in [6, 6.07) is 23.2. The number of nitrogens with zero attached hydrogens (tertiary/aromatic N) is 3. The maximum absolute atomic E-state index is 13.1. The highest BCUT2D eigenvalue weighted by molar-refractivity contribution is 6.13. The maximum Gasteiger partial charge on any atom is 0.259 e. The molecule has 11 heteroatoms. The summed E-state index contributed by atoms with van der Waals surface area (Å²) in [5.74, 6) is 2.45. The summed E-state index contributed by atoms with van der Waals surface area (Å²) in [5, 5.41) is 29.3. The summed E-state index contributed by atoms with van der Waals surface area (Å²) >= 11 is 0. The predicted molar refractivity (Wildman–Crippen MR) is 205 cm³/mol. The second-order valence-electron chi connectivity index (χ2n) is 13.4. The van der Waals surface area contributed by atoms with E-state index in [-0.39, 0.29) is 11.8 Å². The van der Waals surface area contributed by atoms with Gasteiger partial charge in [0.25, 0.3) is 11.8 Å². The fourth-order valence-corrected chi connectivity index (χ4v) is 8.36. The van der Waals surface area contributed by atoms with Crippen LogP contribution in [-0.2, 0) is 0 Å². The lowest BCUT2D eigenvalue weighted by molar-refractivity contribution is 0.0684. The van der Waals surface area contributed by atoms with Gasteiger partial charge >= 0.3 is 0 Å². The molecule has 10 rings (SSSR count). The van der Waals surface area contributed by atoms with E-state index in [4.69, 9.17) is 24.2 Å². The van der Waals surface area contributed by atoms with Crippen LogP contribution in [0.5, 0.6) is 23.0 Å². The molecular formula is C44H37N3O8. The Hall–Kier alpha value is -6.61. The Balaban J connectivity index is 0.000000145. The standard InChI is InChI=1S/2C21H17NO4.C2H3N/c2*1-25-11-3-5-13-15-7-8-18-14-6-4-12(26-2)10-17(14)21(24)22(18)19(15)20(23)16(13)9-11;1-2-3/h2*3-10,19-20,23H,1-2H3;1H3/t2*19-,20-;/m10./s1. The van der Waals surface area contributed by atoms with Crippen molar-refractivity contribution < 1.29 is 38.7 Å². The van der Waals surface area contributed by atoms with Gasteiger partial charge in [0, 0.05) is 18.1 Å². The van der Waals surface area contributed by atoms with E-state index < -0.39 is 24.3 Å². The fraction of sp³-hybridized carbons (Fsp3) is 0.205. The van der Waals surface area contributed by atoms with Gasteiger partial charge in [0.1, 0.15) is 35.2 Å². The number of amides is 2. The molecule has 0 unspecified atom stereocenters. The molecule has 2 N–H and O–H groups in total. The number of allylic oxidation sites excluding steroid dienone is 4. The van der Waals surface area contributed by atoms with Crippen molar-refractivity contribution in [2.75, 3.05) is 28.4 Å². The Morgan fingerprint density at radius 2 is 0.855 bits per heavy atom. The molecule has 11 nitrogen and oxygen atoms in total. The summed E-state index contributed by atoms with van der Waals surface area (Å²) in [5.41, 5.74) is 9.98. The lowest BCUT2D eigenvalue weighted by Gasteiger charge is -2.32. The zero-order valence-electron chi connectivity index (χ0n) is 30.7. The number of aliphatic hydroxyl groups excluding tert-OH is 2. The smallest absolute Gasteiger partial charge is 0.259 e. The largest absolute Gasteiger partial charge is 0.497 e. The highest BCUT2D eigenvalue weighted by atomic mass is 16.5. The van der Waals surface area contributed by atoms with Gasteiger partial charge in [-0.1, -0.05) is 24.3 Å². The fourth-order valence-electron chi connectivity index (χ4n) is 8.36. The highest BCUT2D eigenvalue weighted by Crippen LogP contribution is 2.53. The van der Waals surface area contributed by atoms with Crippen molar-refractivity contribution in [1.29, 1.82) is 5.26 Å². The van der Waals surface area contributed by atoms with Gasteiger partial charge in [-0.2, -0.15) is 5.26 Å². The Bertz CT molecular complexity index is 2310. The average Bonchev–Trinajstić information content (AvgIpc) is 3.88. The van der Waals surface area contributed by atoms with Gasteiger partial charge in [0.15, 0.2) is 0 Å². The molecule has 2 amide bonds. The molecule has 0 aromatic heterocycles. The summed E-state index contributed by atoms with van der Waals surface area (Å²) < 4.78 is 21.1. The highest BCUT2D eigenvalue weighted by Gasteiger charge is 2.49. The molecule has 276 valence electrons. The van der Waals surface area contributed by atoms with Crippen LogP contribution < -0.4 is 18.9 Å². The second kappa shape index (κ2) is 13.7. The first-order valence-electron chi connectivity index (χ1n) is 17.6. The van der Waals surface area contributed by atoms with Gasteiger partial charge in [-0.05, 0) is 106 Å². The average molecular weight is 736 g/mol. The van der Waals surface area contributed by atoms with Crippen molar-refractivity contribution in [1.82, 2.24) is 9.80 Å². The summed E-state index contributed by atoms with van der Waals surface area (Å²) in [4.78, 5) is 29.7. The SMILES string of the molecule is CC#N.COc1ccc2c(c1)C(=O)N1C2=CC=C2c3ccc(OC)cc3[C@@H](O)[C@@H]21.COc1ccc2c(c1)C(=O)N1C2=CC=C2c3ccc(OC)cc3[C@H](O)[C@H]21. The minimum absolute atomic E-state index is 0.112. The topological polar surface area (TPSA) is 142 Å². The molecule has 4 heterocycles. The molecule has 0 saturated heterocycles. The number of hydrogen-bond acceptors (Lipinski definition) is 9. The number of rotatable bonds is 4. The lowest BCUT2D eigenvalue weighted by atomic mass is 9.99. The molecule has 2 aliphatic carbocycles. The normalized spacial score (nSPS) is 21.1. The van der Waals surface area contributed by atoms with Crippen LogP contribution in [0.3, 0.4) is 0 Å². The number of carbonyl (C=O) groups excluding carboxylic acids is 2. The monoisotopic (exact) mass is 735 g/mol. The van der Waals surface area contributed by atoms with Gasteiger partial charge in [0.05, 0.1) is 69.1 Å². The Morgan fingerprint density at radius 1 is 0.527 bits per heavy atom. The van der Waals surface area contributed by atoms with E-state index in [0.717, 1.165) is 55.9 Å². The van der Waals surface area contributed by atoms with E-state index in [1.807, 2.05) is 85.0 Å². The Kier molecular flexibility index (Phi) is 8.80. The van der Waals surface area contributed by atoms with E-state index in [1.165, 1.54) is 6.92 Å². The number of benzene rings is 4. The van der Waals surface area contributed by atoms with Gasteiger partial charge in [-0.25, -0.2) is 0 Å². The Labute approximate surface area is 317 Å². The molecule has 0 fully saturated rings. The van der Waals surface area contributed by atoms with Crippen molar-refractivity contribution in [3.8, 4) is 29.1 Å². The molecule has 6 aliphatic rings. The van der Waals surface area contributed by atoms with Crippen molar-refractivity contribution in [3.63, 3.8) is 0 Å². The van der Waals surface area contributed by atoms with E-state index in [1.54, 1.807) is 56.4 Å². The number of hydrogen-bond donors (Lipinski definition) is 2. The van der Waals surface area contributed by atoms with Crippen LogP contribution in [0.4, 0.5) is 0 Å². The zero-order chi connectivity index (χ0) is 38.7. The van der Waals surface area contributed by atoms with Crippen LogP contribution in [0.2, 0.25) is 0 Å². The van der Waals surface area contributed by atoms with E-state index in [9.17, 15) is 19.8 Å². The van der Waals surface area contributed by atoms with Crippen LogP contribution in [0, 0.1) is 11.3 Å². The van der Waals surface area contributed by atoms with E-state index in [0.29, 0.717) is 34.1 Å². The number of methoxy groups -OCH3 is 4. The van der Waals surface area contributed by atoms with Crippen LogP contribution in [0.25, 0.3) is 22.5 Å².